The number of nitrogens with zero attached hydrogens (tertiary/aromatic N) is 2. The topological polar surface area (TPSA) is 17.8 Å². The largest absolute Gasteiger partial charge is 0.299 e. The minimum atomic E-state index is 0.988. The molecule has 1 saturated carbocycles. The highest BCUT2D eigenvalue weighted by Gasteiger charge is 2.26. The van der Waals surface area contributed by atoms with Crippen molar-refractivity contribution in [1.82, 2.24) is 9.55 Å². The van der Waals surface area contributed by atoms with Crippen molar-refractivity contribution in [2.24, 2.45) is 11.8 Å². The first kappa shape index (κ1) is 17.5. The van der Waals surface area contributed by atoms with E-state index in [1.807, 2.05) is 12.4 Å². The number of aryl methyl sites for hydroxylation is 3. The van der Waals surface area contributed by atoms with Crippen LogP contribution in [0.1, 0.15) is 37.0 Å². The second-order valence-electron chi connectivity index (χ2n) is 7.42. The first-order valence-electron chi connectivity index (χ1n) is 9.14. The number of hydrogen-bond acceptors (Lipinski definition) is 1. The molecule has 1 heterocycles. The van der Waals surface area contributed by atoms with Crippen molar-refractivity contribution < 1.29 is 0 Å². The molecule has 4 rings (SSSR count). The summed E-state index contributed by atoms with van der Waals surface area (Å²) in [7, 11) is 0. The maximum absolute atomic E-state index is 4.54. The van der Waals surface area contributed by atoms with E-state index in [2.05, 4.69) is 86.6 Å². The molecule has 3 aromatic rings. The molecule has 1 aromatic heterocycles. The van der Waals surface area contributed by atoms with Crippen LogP contribution in [-0.2, 0) is 0 Å². The number of para-hydroxylation sites is 1. The Hall–Kier alpha value is -2.35. The van der Waals surface area contributed by atoms with Gasteiger partial charge in [-0.1, -0.05) is 61.9 Å². The molecule has 1 aliphatic rings. The van der Waals surface area contributed by atoms with E-state index >= 15 is 0 Å². The van der Waals surface area contributed by atoms with Crippen molar-refractivity contribution >= 4 is 0 Å². The zero-order valence-corrected chi connectivity index (χ0v) is 16.0. The van der Waals surface area contributed by atoms with Gasteiger partial charge in [-0.05, 0) is 50.2 Å². The third-order valence-corrected chi connectivity index (χ3v) is 5.14. The van der Waals surface area contributed by atoms with Crippen LogP contribution >= 0.6 is 0 Å². The van der Waals surface area contributed by atoms with Gasteiger partial charge >= 0.3 is 0 Å². The Labute approximate surface area is 151 Å². The van der Waals surface area contributed by atoms with Gasteiger partial charge in [0.1, 0.15) is 5.82 Å². The van der Waals surface area contributed by atoms with Crippen molar-refractivity contribution in [3.63, 3.8) is 0 Å². The predicted molar refractivity (Wildman–Crippen MR) is 106 cm³/mol. The highest BCUT2D eigenvalue weighted by Crippen LogP contribution is 2.36. The summed E-state index contributed by atoms with van der Waals surface area (Å²) < 4.78 is 2.18. The first-order valence-corrected chi connectivity index (χ1v) is 9.14. The molecule has 0 radical (unpaired) electrons. The summed E-state index contributed by atoms with van der Waals surface area (Å²) in [5.41, 5.74) is 6.15. The van der Waals surface area contributed by atoms with Crippen molar-refractivity contribution in [2.45, 2.75) is 41.0 Å². The molecule has 1 aliphatic carbocycles. The fourth-order valence-electron chi connectivity index (χ4n) is 3.09. The smallest absolute Gasteiger partial charge is 0.144 e. The van der Waals surface area contributed by atoms with E-state index in [1.54, 1.807) is 0 Å². The van der Waals surface area contributed by atoms with Gasteiger partial charge in [-0.2, -0.15) is 0 Å². The lowest BCUT2D eigenvalue weighted by Crippen LogP contribution is -2.01. The number of aromatic nitrogens is 2. The van der Waals surface area contributed by atoms with Gasteiger partial charge in [-0.15, -0.1) is 0 Å². The Kier molecular flexibility index (Phi) is 5.08. The molecule has 0 amide bonds. The second-order valence-corrected chi connectivity index (χ2v) is 7.42. The second kappa shape index (κ2) is 7.26. The summed E-state index contributed by atoms with van der Waals surface area (Å²) >= 11 is 0. The minimum Gasteiger partial charge on any atom is -0.299 e. The number of rotatable bonds is 2. The Bertz CT molecular complexity index is 817. The Morgan fingerprint density at radius 1 is 0.880 bits per heavy atom. The summed E-state index contributed by atoms with van der Waals surface area (Å²) in [4.78, 5) is 4.54. The van der Waals surface area contributed by atoms with E-state index in [0.29, 0.717) is 0 Å². The molecule has 0 aliphatic heterocycles. The van der Waals surface area contributed by atoms with Gasteiger partial charge in [0.2, 0.25) is 0 Å². The zero-order valence-electron chi connectivity index (χ0n) is 16.0. The maximum atomic E-state index is 4.54. The van der Waals surface area contributed by atoms with E-state index in [1.165, 1.54) is 28.8 Å². The van der Waals surface area contributed by atoms with Crippen LogP contribution in [0.4, 0.5) is 0 Å². The molecular weight excluding hydrogens is 304 g/mol. The molecule has 0 spiro atoms. The van der Waals surface area contributed by atoms with E-state index in [4.69, 9.17) is 0 Å². The van der Waals surface area contributed by atoms with Gasteiger partial charge in [0.05, 0.1) is 5.69 Å². The monoisotopic (exact) mass is 332 g/mol. The third-order valence-electron chi connectivity index (χ3n) is 5.14. The Morgan fingerprint density at radius 3 is 1.96 bits per heavy atom. The summed E-state index contributed by atoms with van der Waals surface area (Å²) in [5.74, 6) is 3.09. The van der Waals surface area contributed by atoms with Crippen LogP contribution in [0.5, 0.6) is 0 Å². The lowest BCUT2D eigenvalue weighted by molar-refractivity contribution is 0.834. The molecule has 0 saturated heterocycles. The van der Waals surface area contributed by atoms with Gasteiger partial charge in [0, 0.05) is 18.0 Å². The van der Waals surface area contributed by atoms with Gasteiger partial charge in [0.15, 0.2) is 0 Å². The number of hydrogen-bond donors (Lipinski definition) is 0. The summed E-state index contributed by atoms with van der Waals surface area (Å²) in [6.45, 7) is 11.0. The molecule has 25 heavy (non-hydrogen) atoms. The fraction of sp³-hybridized carbons (Fsp3) is 0.348. The Balaban J connectivity index is 0.000000314. The standard InChI is InChI=1S/C18H18N2.C5H10/c1-13-7-9-16(10-8-13)18-19-11-12-20(18)17-14(2)5-4-6-15(17)3;1-4-3-5(4)2/h4-12H,1-3H3;4-5H,3H2,1-2H3. The third kappa shape index (κ3) is 4.01. The molecule has 2 atom stereocenters. The summed E-state index contributed by atoms with van der Waals surface area (Å²) in [6, 6.07) is 14.9. The van der Waals surface area contributed by atoms with Gasteiger partial charge in [0.25, 0.3) is 0 Å². The van der Waals surface area contributed by atoms with Gasteiger partial charge < -0.3 is 0 Å². The molecule has 0 bridgehead atoms. The molecule has 1 fully saturated rings. The average Bonchev–Trinajstić information content (AvgIpc) is 3.04. The zero-order chi connectivity index (χ0) is 18.0. The van der Waals surface area contributed by atoms with E-state index in [9.17, 15) is 0 Å². The predicted octanol–water partition coefficient (Wildman–Crippen LogP) is 6.13. The minimum absolute atomic E-state index is 0.988. The van der Waals surface area contributed by atoms with Gasteiger partial charge in [-0.3, -0.25) is 4.57 Å². The van der Waals surface area contributed by atoms with E-state index < -0.39 is 0 Å². The average molecular weight is 332 g/mol. The molecule has 0 N–H and O–H groups in total. The summed E-state index contributed by atoms with van der Waals surface area (Å²) in [6.07, 6.45) is 5.37. The highest BCUT2D eigenvalue weighted by atomic mass is 15.1. The molecular formula is C23H28N2. The van der Waals surface area contributed by atoms with Crippen molar-refractivity contribution in [1.29, 1.82) is 0 Å². The van der Waals surface area contributed by atoms with Crippen LogP contribution in [-0.4, -0.2) is 9.55 Å². The molecule has 2 heteroatoms. The molecule has 2 aromatic carbocycles. The van der Waals surface area contributed by atoms with Crippen molar-refractivity contribution in [2.75, 3.05) is 0 Å². The maximum Gasteiger partial charge on any atom is 0.144 e. The fourth-order valence-corrected chi connectivity index (χ4v) is 3.09. The quantitative estimate of drug-likeness (QED) is 0.552. The molecule has 2 unspecified atom stereocenters. The number of imidazole rings is 1. The normalized spacial score (nSPS) is 18.4. The van der Waals surface area contributed by atoms with E-state index in [0.717, 1.165) is 23.2 Å². The summed E-state index contributed by atoms with van der Waals surface area (Å²) in [5, 5.41) is 0. The van der Waals surface area contributed by atoms with Crippen LogP contribution in [0.25, 0.3) is 17.1 Å². The number of benzene rings is 2. The van der Waals surface area contributed by atoms with Crippen molar-refractivity contribution in [3.05, 3.63) is 71.5 Å². The molecule has 130 valence electrons. The Morgan fingerprint density at radius 2 is 1.44 bits per heavy atom. The van der Waals surface area contributed by atoms with Gasteiger partial charge in [-0.25, -0.2) is 4.98 Å². The highest BCUT2D eigenvalue weighted by molar-refractivity contribution is 5.61. The van der Waals surface area contributed by atoms with Crippen molar-refractivity contribution in [3.8, 4) is 17.1 Å². The molecule has 2 nitrogen and oxygen atoms in total. The lowest BCUT2D eigenvalue weighted by Gasteiger charge is -2.14. The van der Waals surface area contributed by atoms with E-state index in [-0.39, 0.29) is 0 Å². The van der Waals surface area contributed by atoms with Crippen LogP contribution in [0.3, 0.4) is 0 Å². The van der Waals surface area contributed by atoms with Crippen LogP contribution in [0, 0.1) is 32.6 Å². The lowest BCUT2D eigenvalue weighted by atomic mass is 10.1. The van der Waals surface area contributed by atoms with Crippen LogP contribution < -0.4 is 0 Å². The SMILES string of the molecule is CC1CC1C.Cc1ccc(-c2nccn2-c2c(C)cccc2C)cc1. The van der Waals surface area contributed by atoms with Crippen LogP contribution in [0.2, 0.25) is 0 Å². The van der Waals surface area contributed by atoms with Crippen LogP contribution in [0.15, 0.2) is 54.9 Å². The first-order chi connectivity index (χ1) is 12.0.